The third-order valence-corrected chi connectivity index (χ3v) is 3.01. The summed E-state index contributed by atoms with van der Waals surface area (Å²) in [5.41, 5.74) is 3.03. The highest BCUT2D eigenvalue weighted by Gasteiger charge is 2.11. The maximum atomic E-state index is 12.2. The molecular formula is C15H18N4O2. The first-order valence-electron chi connectivity index (χ1n) is 6.55. The molecule has 0 saturated heterocycles. The molecule has 0 aliphatic heterocycles. The molecule has 0 spiro atoms. The standard InChI is InChI=1S/C15H18N4O2/c1-10-6-13(16-2)12(9-17-10)15(20)19-8-11-4-5-14(21-3)18-7-11/h4-7,9H,8H2,1-3H3,(H,16,17)(H,19,20). The molecule has 110 valence electrons. The van der Waals surface area contributed by atoms with E-state index < -0.39 is 0 Å². The molecule has 0 atom stereocenters. The summed E-state index contributed by atoms with van der Waals surface area (Å²) in [7, 11) is 3.34. The molecule has 21 heavy (non-hydrogen) atoms. The lowest BCUT2D eigenvalue weighted by atomic mass is 10.2. The number of aryl methyl sites for hydroxylation is 1. The van der Waals surface area contributed by atoms with Crippen molar-refractivity contribution in [2.24, 2.45) is 0 Å². The predicted octanol–water partition coefficient (Wildman–Crippen LogP) is 1.77. The summed E-state index contributed by atoms with van der Waals surface area (Å²) < 4.78 is 4.99. The molecule has 0 unspecified atom stereocenters. The molecule has 0 aromatic carbocycles. The van der Waals surface area contributed by atoms with Crippen molar-refractivity contribution in [1.82, 2.24) is 15.3 Å². The lowest BCUT2D eigenvalue weighted by Gasteiger charge is -2.10. The van der Waals surface area contributed by atoms with Gasteiger partial charge in [0.15, 0.2) is 0 Å². The van der Waals surface area contributed by atoms with E-state index in [1.165, 1.54) is 0 Å². The van der Waals surface area contributed by atoms with Gasteiger partial charge in [-0.2, -0.15) is 0 Å². The van der Waals surface area contributed by atoms with Gasteiger partial charge in [-0.3, -0.25) is 9.78 Å². The molecule has 6 heteroatoms. The zero-order valence-corrected chi connectivity index (χ0v) is 12.3. The average Bonchev–Trinajstić information content (AvgIpc) is 2.52. The molecule has 2 aromatic rings. The van der Waals surface area contributed by atoms with Gasteiger partial charge in [-0.05, 0) is 18.6 Å². The maximum absolute atomic E-state index is 12.2. The highest BCUT2D eigenvalue weighted by atomic mass is 16.5. The number of rotatable bonds is 5. The minimum Gasteiger partial charge on any atom is -0.481 e. The van der Waals surface area contributed by atoms with Crippen LogP contribution in [0.25, 0.3) is 0 Å². The molecule has 2 aromatic heterocycles. The van der Waals surface area contributed by atoms with Crippen LogP contribution in [0.1, 0.15) is 21.6 Å². The number of nitrogens with zero attached hydrogens (tertiary/aromatic N) is 2. The second kappa shape index (κ2) is 6.69. The van der Waals surface area contributed by atoms with E-state index in [4.69, 9.17) is 4.74 Å². The van der Waals surface area contributed by atoms with Crippen molar-refractivity contribution in [1.29, 1.82) is 0 Å². The van der Waals surface area contributed by atoms with Gasteiger partial charge in [0.1, 0.15) is 0 Å². The number of pyridine rings is 2. The number of nitrogens with one attached hydrogen (secondary N) is 2. The van der Waals surface area contributed by atoms with E-state index in [1.54, 1.807) is 32.6 Å². The van der Waals surface area contributed by atoms with E-state index in [2.05, 4.69) is 20.6 Å². The first kappa shape index (κ1) is 14.8. The van der Waals surface area contributed by atoms with Crippen molar-refractivity contribution in [3.05, 3.63) is 47.4 Å². The van der Waals surface area contributed by atoms with Gasteiger partial charge in [0.2, 0.25) is 5.88 Å². The highest BCUT2D eigenvalue weighted by Crippen LogP contribution is 2.15. The van der Waals surface area contributed by atoms with Gasteiger partial charge in [0.25, 0.3) is 5.91 Å². The Labute approximate surface area is 123 Å². The Hall–Kier alpha value is -2.63. The van der Waals surface area contributed by atoms with Crippen LogP contribution in [-0.2, 0) is 6.54 Å². The third kappa shape index (κ3) is 3.68. The third-order valence-electron chi connectivity index (χ3n) is 3.01. The van der Waals surface area contributed by atoms with Crippen LogP contribution in [-0.4, -0.2) is 30.0 Å². The Balaban J connectivity index is 2.04. The number of hydrogen-bond donors (Lipinski definition) is 2. The molecule has 0 bridgehead atoms. The van der Waals surface area contributed by atoms with Crippen molar-refractivity contribution in [3.63, 3.8) is 0 Å². The van der Waals surface area contributed by atoms with Gasteiger partial charge < -0.3 is 15.4 Å². The Bertz CT molecular complexity index is 626. The number of anilines is 1. The zero-order chi connectivity index (χ0) is 15.2. The van der Waals surface area contributed by atoms with E-state index in [0.29, 0.717) is 18.0 Å². The Morgan fingerprint density at radius 1 is 1.29 bits per heavy atom. The molecular weight excluding hydrogens is 268 g/mol. The van der Waals surface area contributed by atoms with Gasteiger partial charge in [-0.25, -0.2) is 4.98 Å². The van der Waals surface area contributed by atoms with Crippen LogP contribution in [0.2, 0.25) is 0 Å². The topological polar surface area (TPSA) is 76.1 Å². The smallest absolute Gasteiger partial charge is 0.255 e. The zero-order valence-electron chi connectivity index (χ0n) is 12.3. The number of methoxy groups -OCH3 is 1. The monoisotopic (exact) mass is 286 g/mol. The quantitative estimate of drug-likeness (QED) is 0.876. The molecule has 0 fully saturated rings. The SMILES string of the molecule is CNc1cc(C)ncc1C(=O)NCc1ccc(OC)nc1. The molecule has 6 nitrogen and oxygen atoms in total. The lowest BCUT2D eigenvalue weighted by Crippen LogP contribution is -2.24. The van der Waals surface area contributed by atoms with Crippen molar-refractivity contribution in [2.75, 3.05) is 19.5 Å². The summed E-state index contributed by atoms with van der Waals surface area (Å²) in [6.45, 7) is 2.28. The van der Waals surface area contributed by atoms with Crippen molar-refractivity contribution < 1.29 is 9.53 Å². The summed E-state index contributed by atoms with van der Waals surface area (Å²) in [5.74, 6) is 0.368. The first-order chi connectivity index (χ1) is 10.1. The molecule has 1 amide bonds. The van der Waals surface area contributed by atoms with Crippen LogP contribution in [0.5, 0.6) is 5.88 Å². The van der Waals surface area contributed by atoms with Crippen molar-refractivity contribution >= 4 is 11.6 Å². The van der Waals surface area contributed by atoms with E-state index >= 15 is 0 Å². The van der Waals surface area contributed by atoms with Crippen LogP contribution in [0.3, 0.4) is 0 Å². The van der Waals surface area contributed by atoms with Crippen LogP contribution >= 0.6 is 0 Å². The van der Waals surface area contributed by atoms with Gasteiger partial charge in [0.05, 0.1) is 18.4 Å². The minimum atomic E-state index is -0.178. The molecule has 2 N–H and O–H groups in total. The minimum absolute atomic E-state index is 0.178. The molecule has 0 radical (unpaired) electrons. The Morgan fingerprint density at radius 3 is 2.71 bits per heavy atom. The van der Waals surface area contributed by atoms with Crippen LogP contribution in [0.15, 0.2) is 30.6 Å². The molecule has 0 aliphatic rings. The first-order valence-corrected chi connectivity index (χ1v) is 6.55. The summed E-state index contributed by atoms with van der Waals surface area (Å²) in [4.78, 5) is 20.4. The maximum Gasteiger partial charge on any atom is 0.255 e. The molecule has 0 saturated carbocycles. The van der Waals surface area contributed by atoms with E-state index in [9.17, 15) is 4.79 Å². The van der Waals surface area contributed by atoms with Crippen molar-refractivity contribution in [3.8, 4) is 5.88 Å². The second-order valence-corrected chi connectivity index (χ2v) is 4.51. The fourth-order valence-corrected chi connectivity index (χ4v) is 1.86. The van der Waals surface area contributed by atoms with Crippen LogP contribution < -0.4 is 15.4 Å². The van der Waals surface area contributed by atoms with E-state index in [-0.39, 0.29) is 5.91 Å². The summed E-state index contributed by atoms with van der Waals surface area (Å²) in [5, 5.41) is 5.85. The van der Waals surface area contributed by atoms with E-state index in [0.717, 1.165) is 16.9 Å². The predicted molar refractivity (Wildman–Crippen MR) is 80.5 cm³/mol. The van der Waals surface area contributed by atoms with Gasteiger partial charge >= 0.3 is 0 Å². The van der Waals surface area contributed by atoms with Gasteiger partial charge in [-0.1, -0.05) is 6.07 Å². The second-order valence-electron chi connectivity index (χ2n) is 4.51. The molecule has 0 aliphatic carbocycles. The molecule has 2 rings (SSSR count). The largest absolute Gasteiger partial charge is 0.481 e. The van der Waals surface area contributed by atoms with Gasteiger partial charge in [0, 0.05) is 37.7 Å². The normalized spacial score (nSPS) is 10.0. The fourth-order valence-electron chi connectivity index (χ4n) is 1.86. The lowest BCUT2D eigenvalue weighted by molar-refractivity contribution is 0.0951. The Morgan fingerprint density at radius 2 is 2.10 bits per heavy atom. The summed E-state index contributed by atoms with van der Waals surface area (Å²) in [6, 6.07) is 5.45. The number of amides is 1. The summed E-state index contributed by atoms with van der Waals surface area (Å²) in [6.07, 6.45) is 3.24. The molecule has 2 heterocycles. The highest BCUT2D eigenvalue weighted by molar-refractivity contribution is 5.99. The van der Waals surface area contributed by atoms with Crippen molar-refractivity contribution in [2.45, 2.75) is 13.5 Å². The van der Waals surface area contributed by atoms with Crippen LogP contribution in [0.4, 0.5) is 5.69 Å². The fraction of sp³-hybridized carbons (Fsp3) is 0.267. The number of ether oxygens (including phenoxy) is 1. The van der Waals surface area contributed by atoms with E-state index in [1.807, 2.05) is 19.1 Å². The Kier molecular flexibility index (Phi) is 4.71. The number of carbonyl (C=O) groups is 1. The summed E-state index contributed by atoms with van der Waals surface area (Å²) >= 11 is 0. The number of carbonyl (C=O) groups excluding carboxylic acids is 1. The van der Waals surface area contributed by atoms with Gasteiger partial charge in [-0.15, -0.1) is 0 Å². The van der Waals surface area contributed by atoms with Crippen LogP contribution in [0, 0.1) is 6.92 Å². The average molecular weight is 286 g/mol. The number of hydrogen-bond acceptors (Lipinski definition) is 5. The number of aromatic nitrogens is 2.